The molecule has 1 saturated heterocycles. The van der Waals surface area contributed by atoms with Crippen LogP contribution in [-0.4, -0.2) is 41.6 Å². The zero-order chi connectivity index (χ0) is 18.5. The zero-order valence-electron chi connectivity index (χ0n) is 15.2. The smallest absolute Gasteiger partial charge is 0.246 e. The summed E-state index contributed by atoms with van der Waals surface area (Å²) in [6, 6.07) is 22.6. The van der Waals surface area contributed by atoms with Gasteiger partial charge in [-0.05, 0) is 48.0 Å². The second-order valence-electron chi connectivity index (χ2n) is 6.66. The maximum atomic E-state index is 12.4. The van der Waals surface area contributed by atoms with Crippen LogP contribution < -0.4 is 4.90 Å². The van der Waals surface area contributed by atoms with Crippen LogP contribution in [0.25, 0.3) is 11.8 Å². The Balaban J connectivity index is 1.33. The lowest BCUT2D eigenvalue weighted by molar-refractivity contribution is -0.126. The van der Waals surface area contributed by atoms with E-state index in [0.29, 0.717) is 0 Å². The highest BCUT2D eigenvalue weighted by molar-refractivity contribution is 5.92. The number of rotatable bonds is 4. The molecule has 3 aromatic rings. The van der Waals surface area contributed by atoms with E-state index in [2.05, 4.69) is 33.7 Å². The molecule has 1 aliphatic rings. The summed E-state index contributed by atoms with van der Waals surface area (Å²) in [6.07, 6.45) is 7.65. The van der Waals surface area contributed by atoms with Crippen molar-refractivity contribution in [2.24, 2.45) is 0 Å². The van der Waals surface area contributed by atoms with Gasteiger partial charge in [0.2, 0.25) is 5.91 Å². The van der Waals surface area contributed by atoms with Crippen LogP contribution in [0, 0.1) is 0 Å². The molecule has 1 fully saturated rings. The Hall–Kier alpha value is -3.27. The first kappa shape index (κ1) is 17.2. The van der Waals surface area contributed by atoms with Gasteiger partial charge in [0.15, 0.2) is 0 Å². The van der Waals surface area contributed by atoms with Crippen LogP contribution in [0.3, 0.4) is 0 Å². The summed E-state index contributed by atoms with van der Waals surface area (Å²) in [5.41, 5.74) is 3.41. The monoisotopic (exact) mass is 357 g/mol. The topological polar surface area (TPSA) is 28.5 Å². The van der Waals surface area contributed by atoms with Crippen LogP contribution in [0.15, 0.2) is 85.2 Å². The normalized spacial score (nSPS) is 14.7. The minimum absolute atomic E-state index is 0.0847. The SMILES string of the molecule is O=C(/C=C/c1ccccc1)N1CCN(c2ccc(-n3cccc3)cc2)CC1. The Bertz CT molecular complexity index is 891. The molecule has 1 aromatic heterocycles. The van der Waals surface area contributed by atoms with E-state index in [1.807, 2.05) is 65.8 Å². The maximum absolute atomic E-state index is 12.4. The molecule has 0 atom stereocenters. The van der Waals surface area contributed by atoms with Crippen molar-refractivity contribution < 1.29 is 4.79 Å². The minimum atomic E-state index is 0.0847. The lowest BCUT2D eigenvalue weighted by Gasteiger charge is -2.35. The van der Waals surface area contributed by atoms with E-state index < -0.39 is 0 Å². The molecule has 136 valence electrons. The summed E-state index contributed by atoms with van der Waals surface area (Å²) in [6.45, 7) is 3.20. The molecule has 2 aromatic carbocycles. The molecular weight excluding hydrogens is 334 g/mol. The van der Waals surface area contributed by atoms with E-state index in [9.17, 15) is 4.79 Å². The molecule has 1 aliphatic heterocycles. The van der Waals surface area contributed by atoms with Gasteiger partial charge in [-0.2, -0.15) is 0 Å². The molecule has 0 unspecified atom stereocenters. The standard InChI is InChI=1S/C23H23N3O/c27-23(13-8-20-6-2-1-3-7-20)26-18-16-25(17-19-26)22-11-9-21(10-12-22)24-14-4-5-15-24/h1-15H,16-19H2/b13-8+. The number of benzene rings is 2. The molecule has 4 nitrogen and oxygen atoms in total. The predicted molar refractivity (Wildman–Crippen MR) is 110 cm³/mol. The summed E-state index contributed by atoms with van der Waals surface area (Å²) >= 11 is 0. The van der Waals surface area contributed by atoms with Crippen LogP contribution in [-0.2, 0) is 4.79 Å². The first-order valence-corrected chi connectivity index (χ1v) is 9.30. The third-order valence-electron chi connectivity index (χ3n) is 4.93. The van der Waals surface area contributed by atoms with Gasteiger partial charge in [0.1, 0.15) is 0 Å². The van der Waals surface area contributed by atoms with Crippen LogP contribution in [0.5, 0.6) is 0 Å². The van der Waals surface area contributed by atoms with Crippen LogP contribution >= 0.6 is 0 Å². The van der Waals surface area contributed by atoms with Crippen LogP contribution in [0.4, 0.5) is 5.69 Å². The fourth-order valence-electron chi connectivity index (χ4n) is 3.36. The fraction of sp³-hybridized carbons (Fsp3) is 0.174. The Morgan fingerprint density at radius 3 is 2.04 bits per heavy atom. The van der Waals surface area contributed by atoms with Gasteiger partial charge in [-0.25, -0.2) is 0 Å². The molecule has 0 aliphatic carbocycles. The van der Waals surface area contributed by atoms with Crippen LogP contribution in [0.1, 0.15) is 5.56 Å². The number of carbonyl (C=O) groups excluding carboxylic acids is 1. The van der Waals surface area contributed by atoms with Gasteiger partial charge in [-0.3, -0.25) is 4.79 Å². The molecule has 27 heavy (non-hydrogen) atoms. The van der Waals surface area contributed by atoms with Crippen molar-refractivity contribution in [2.75, 3.05) is 31.1 Å². The second-order valence-corrected chi connectivity index (χ2v) is 6.66. The largest absolute Gasteiger partial charge is 0.368 e. The molecular formula is C23H23N3O. The van der Waals surface area contributed by atoms with Gasteiger partial charge in [0.05, 0.1) is 0 Å². The summed E-state index contributed by atoms with van der Waals surface area (Å²) < 4.78 is 2.10. The van der Waals surface area contributed by atoms with Crippen molar-refractivity contribution in [1.82, 2.24) is 9.47 Å². The van der Waals surface area contributed by atoms with Crippen molar-refractivity contribution in [3.63, 3.8) is 0 Å². The minimum Gasteiger partial charge on any atom is -0.368 e. The van der Waals surface area contributed by atoms with Gasteiger partial charge in [0.25, 0.3) is 0 Å². The summed E-state index contributed by atoms with van der Waals surface area (Å²) in [4.78, 5) is 16.7. The number of piperazine rings is 1. The lowest BCUT2D eigenvalue weighted by Crippen LogP contribution is -2.48. The highest BCUT2D eigenvalue weighted by Gasteiger charge is 2.19. The molecule has 0 spiro atoms. The summed E-state index contributed by atoms with van der Waals surface area (Å²) in [7, 11) is 0. The van der Waals surface area contributed by atoms with Crippen molar-refractivity contribution >= 4 is 17.7 Å². The van der Waals surface area contributed by atoms with E-state index in [-0.39, 0.29) is 5.91 Å². The fourth-order valence-corrected chi connectivity index (χ4v) is 3.36. The Morgan fingerprint density at radius 1 is 0.741 bits per heavy atom. The second kappa shape index (κ2) is 7.96. The zero-order valence-corrected chi connectivity index (χ0v) is 15.2. The first-order chi connectivity index (χ1) is 13.3. The number of carbonyl (C=O) groups is 1. The molecule has 1 amide bonds. The number of aromatic nitrogens is 1. The number of anilines is 1. The van der Waals surface area contributed by atoms with Crippen molar-refractivity contribution in [2.45, 2.75) is 0 Å². The van der Waals surface area contributed by atoms with Crippen molar-refractivity contribution in [1.29, 1.82) is 0 Å². The van der Waals surface area contributed by atoms with Crippen LogP contribution in [0.2, 0.25) is 0 Å². The molecule has 0 saturated carbocycles. The average Bonchev–Trinajstić information content (AvgIpc) is 3.28. The van der Waals surface area contributed by atoms with Crippen molar-refractivity contribution in [3.8, 4) is 5.69 Å². The highest BCUT2D eigenvalue weighted by Crippen LogP contribution is 2.19. The van der Waals surface area contributed by atoms with E-state index in [1.54, 1.807) is 6.08 Å². The maximum Gasteiger partial charge on any atom is 0.246 e. The Kier molecular flexibility index (Phi) is 5.06. The van der Waals surface area contributed by atoms with Gasteiger partial charge in [-0.1, -0.05) is 30.3 Å². The number of amides is 1. The van der Waals surface area contributed by atoms with Gasteiger partial charge < -0.3 is 14.4 Å². The lowest BCUT2D eigenvalue weighted by atomic mass is 10.2. The highest BCUT2D eigenvalue weighted by atomic mass is 16.2. The molecule has 4 rings (SSSR count). The van der Waals surface area contributed by atoms with Gasteiger partial charge in [-0.15, -0.1) is 0 Å². The molecule has 0 N–H and O–H groups in total. The molecule has 2 heterocycles. The predicted octanol–water partition coefficient (Wildman–Crippen LogP) is 3.84. The van der Waals surface area contributed by atoms with E-state index in [0.717, 1.165) is 37.4 Å². The Labute approximate surface area is 160 Å². The summed E-state index contributed by atoms with van der Waals surface area (Å²) in [5, 5.41) is 0. The molecule has 0 bridgehead atoms. The van der Waals surface area contributed by atoms with E-state index in [4.69, 9.17) is 0 Å². The van der Waals surface area contributed by atoms with Gasteiger partial charge >= 0.3 is 0 Å². The molecule has 0 radical (unpaired) electrons. The first-order valence-electron chi connectivity index (χ1n) is 9.30. The average molecular weight is 357 g/mol. The van der Waals surface area contributed by atoms with E-state index in [1.165, 1.54) is 5.69 Å². The summed E-state index contributed by atoms with van der Waals surface area (Å²) in [5.74, 6) is 0.0847. The number of hydrogen-bond donors (Lipinski definition) is 0. The Morgan fingerprint density at radius 2 is 1.37 bits per heavy atom. The number of nitrogens with zero attached hydrogens (tertiary/aromatic N) is 3. The third-order valence-corrected chi connectivity index (χ3v) is 4.93. The van der Waals surface area contributed by atoms with Crippen molar-refractivity contribution in [3.05, 3.63) is 90.8 Å². The molecule has 4 heteroatoms. The quantitative estimate of drug-likeness (QED) is 0.664. The number of hydrogen-bond acceptors (Lipinski definition) is 2. The third kappa shape index (κ3) is 4.11. The van der Waals surface area contributed by atoms with Gasteiger partial charge in [0, 0.05) is 56.0 Å². The van der Waals surface area contributed by atoms with E-state index >= 15 is 0 Å².